The van der Waals surface area contributed by atoms with Crippen molar-refractivity contribution in [2.24, 2.45) is 0 Å². The Morgan fingerprint density at radius 2 is 2.17 bits per heavy atom. The Balaban J connectivity index is 3.38. The number of H-pyrrole nitrogens is 1. The van der Waals surface area contributed by atoms with E-state index in [-0.39, 0.29) is 4.60 Å². The fourth-order valence-corrected chi connectivity index (χ4v) is 1.29. The van der Waals surface area contributed by atoms with Gasteiger partial charge in [0.15, 0.2) is 0 Å². The minimum absolute atomic E-state index is 0.187. The van der Waals surface area contributed by atoms with Crippen LogP contribution in [0.2, 0.25) is 5.02 Å². The minimum atomic E-state index is -2.78. The molecule has 6 heteroatoms. The monoisotopic (exact) mass is 257 g/mol. The number of halogens is 4. The summed E-state index contributed by atoms with van der Waals surface area (Å²) >= 11 is 8.18. The van der Waals surface area contributed by atoms with E-state index in [0.29, 0.717) is 0 Å². The van der Waals surface area contributed by atoms with Crippen LogP contribution in [-0.2, 0) is 0 Å². The zero-order valence-corrected chi connectivity index (χ0v) is 7.92. The SMILES string of the molecule is O=c1cc(Br)[nH]c(C(F)F)c1Cl. The Morgan fingerprint density at radius 1 is 1.58 bits per heavy atom. The standard InChI is InChI=1S/C6H3BrClF2NO/c7-3-1-2(12)4(8)5(11-3)6(9)10/h1,6H,(H,11,12). The topological polar surface area (TPSA) is 32.9 Å². The molecule has 0 unspecified atom stereocenters. The molecule has 0 radical (unpaired) electrons. The maximum absolute atomic E-state index is 12.1. The summed E-state index contributed by atoms with van der Waals surface area (Å²) < 4.78 is 24.4. The molecule has 1 N–H and O–H groups in total. The lowest BCUT2D eigenvalue weighted by atomic mass is 10.3. The van der Waals surface area contributed by atoms with Crippen molar-refractivity contribution in [1.82, 2.24) is 4.98 Å². The second-order valence-electron chi connectivity index (χ2n) is 2.01. The first-order valence-corrected chi connectivity index (χ1v) is 4.06. The van der Waals surface area contributed by atoms with Gasteiger partial charge in [0.1, 0.15) is 10.7 Å². The molecule has 1 heterocycles. The smallest absolute Gasteiger partial charge is 0.279 e. The third kappa shape index (κ3) is 1.84. The molecule has 1 aromatic heterocycles. The highest BCUT2D eigenvalue weighted by molar-refractivity contribution is 9.10. The molecule has 66 valence electrons. The van der Waals surface area contributed by atoms with Gasteiger partial charge in [0, 0.05) is 6.07 Å². The van der Waals surface area contributed by atoms with Gasteiger partial charge in [0.05, 0.1) is 4.60 Å². The number of aromatic nitrogens is 1. The number of alkyl halides is 2. The van der Waals surface area contributed by atoms with E-state index in [4.69, 9.17) is 11.6 Å². The van der Waals surface area contributed by atoms with Gasteiger partial charge < -0.3 is 4.98 Å². The van der Waals surface area contributed by atoms with Crippen LogP contribution in [0.1, 0.15) is 12.1 Å². The number of hydrogen-bond acceptors (Lipinski definition) is 1. The van der Waals surface area contributed by atoms with Crippen LogP contribution in [0.25, 0.3) is 0 Å². The molecule has 0 spiro atoms. The van der Waals surface area contributed by atoms with Crippen LogP contribution in [0, 0.1) is 0 Å². The molecule has 12 heavy (non-hydrogen) atoms. The lowest BCUT2D eigenvalue weighted by Gasteiger charge is -2.02. The van der Waals surface area contributed by atoms with Gasteiger partial charge in [-0.05, 0) is 15.9 Å². The molecule has 1 rings (SSSR count). The second-order valence-corrected chi connectivity index (χ2v) is 3.24. The first-order chi connectivity index (χ1) is 5.52. The third-order valence-corrected chi connectivity index (χ3v) is 2.00. The highest BCUT2D eigenvalue weighted by Crippen LogP contribution is 2.23. The maximum atomic E-state index is 12.1. The van der Waals surface area contributed by atoms with Crippen molar-refractivity contribution in [2.45, 2.75) is 6.43 Å². The zero-order chi connectivity index (χ0) is 9.30. The van der Waals surface area contributed by atoms with E-state index in [2.05, 4.69) is 20.9 Å². The van der Waals surface area contributed by atoms with Gasteiger partial charge in [-0.15, -0.1) is 0 Å². The molecule has 0 aliphatic heterocycles. The van der Waals surface area contributed by atoms with Gasteiger partial charge in [0.2, 0.25) is 5.43 Å². The number of hydrogen-bond donors (Lipinski definition) is 1. The summed E-state index contributed by atoms with van der Waals surface area (Å²) in [6.45, 7) is 0. The molecular formula is C6H3BrClF2NO. The number of pyridine rings is 1. The summed E-state index contributed by atoms with van der Waals surface area (Å²) in [5.41, 5.74) is -1.19. The molecule has 0 saturated heterocycles. The van der Waals surface area contributed by atoms with Crippen molar-refractivity contribution < 1.29 is 8.78 Å². The van der Waals surface area contributed by atoms with Crippen LogP contribution in [0.3, 0.4) is 0 Å². The van der Waals surface area contributed by atoms with E-state index in [1.54, 1.807) is 0 Å². The fraction of sp³-hybridized carbons (Fsp3) is 0.167. The Morgan fingerprint density at radius 3 is 2.67 bits per heavy atom. The van der Waals surface area contributed by atoms with Crippen LogP contribution >= 0.6 is 27.5 Å². The van der Waals surface area contributed by atoms with Crippen molar-refractivity contribution in [3.05, 3.63) is 31.6 Å². The third-order valence-electron chi connectivity index (χ3n) is 1.18. The quantitative estimate of drug-likeness (QED) is 0.772. The Kier molecular flexibility index (Phi) is 2.85. The van der Waals surface area contributed by atoms with Gasteiger partial charge in [-0.1, -0.05) is 11.6 Å². The van der Waals surface area contributed by atoms with Crippen molar-refractivity contribution in [3.8, 4) is 0 Å². The lowest BCUT2D eigenvalue weighted by molar-refractivity contribution is 0.146. The van der Waals surface area contributed by atoms with Gasteiger partial charge in [-0.3, -0.25) is 4.79 Å². The summed E-state index contributed by atoms with van der Waals surface area (Å²) in [4.78, 5) is 13.1. The molecule has 2 nitrogen and oxygen atoms in total. The minimum Gasteiger partial charge on any atom is -0.347 e. The predicted molar refractivity (Wildman–Crippen MR) is 44.7 cm³/mol. The summed E-state index contributed by atoms with van der Waals surface area (Å²) in [7, 11) is 0. The molecule has 0 amide bonds. The largest absolute Gasteiger partial charge is 0.347 e. The molecule has 0 bridgehead atoms. The Bertz CT molecular complexity index is 352. The molecule has 0 aromatic carbocycles. The molecule has 1 aromatic rings. The van der Waals surface area contributed by atoms with Crippen molar-refractivity contribution in [2.75, 3.05) is 0 Å². The fourth-order valence-electron chi connectivity index (χ4n) is 0.681. The van der Waals surface area contributed by atoms with E-state index in [0.717, 1.165) is 6.07 Å². The van der Waals surface area contributed by atoms with E-state index >= 15 is 0 Å². The zero-order valence-electron chi connectivity index (χ0n) is 5.57. The van der Waals surface area contributed by atoms with Gasteiger partial charge in [-0.2, -0.15) is 0 Å². The van der Waals surface area contributed by atoms with E-state index in [9.17, 15) is 13.6 Å². The predicted octanol–water partition coefficient (Wildman–Crippen LogP) is 2.73. The molecule has 0 aliphatic carbocycles. The summed E-state index contributed by atoms with van der Waals surface area (Å²) in [5, 5.41) is -0.465. The van der Waals surface area contributed by atoms with Crippen molar-refractivity contribution in [1.29, 1.82) is 0 Å². The van der Waals surface area contributed by atoms with E-state index in [1.165, 1.54) is 0 Å². The van der Waals surface area contributed by atoms with Crippen LogP contribution in [0.5, 0.6) is 0 Å². The first kappa shape index (κ1) is 9.67. The normalized spacial score (nSPS) is 10.8. The van der Waals surface area contributed by atoms with Gasteiger partial charge in [0.25, 0.3) is 6.43 Å². The number of nitrogens with one attached hydrogen (secondary N) is 1. The van der Waals surface area contributed by atoms with Crippen LogP contribution in [0.15, 0.2) is 15.5 Å². The molecule has 0 aliphatic rings. The Labute approximate surface area is 79.7 Å². The van der Waals surface area contributed by atoms with Crippen LogP contribution in [-0.4, -0.2) is 4.98 Å². The van der Waals surface area contributed by atoms with Crippen LogP contribution in [0.4, 0.5) is 8.78 Å². The summed E-state index contributed by atoms with van der Waals surface area (Å²) in [5.74, 6) is 0. The molecule has 0 fully saturated rings. The van der Waals surface area contributed by atoms with Crippen LogP contribution < -0.4 is 5.43 Å². The van der Waals surface area contributed by atoms with E-state index in [1.807, 2.05) is 0 Å². The summed E-state index contributed by atoms with van der Waals surface area (Å²) in [6, 6.07) is 1.09. The van der Waals surface area contributed by atoms with Gasteiger partial charge >= 0.3 is 0 Å². The summed E-state index contributed by atoms with van der Waals surface area (Å²) in [6.07, 6.45) is -2.78. The highest BCUT2D eigenvalue weighted by atomic mass is 79.9. The van der Waals surface area contributed by atoms with Crippen molar-refractivity contribution >= 4 is 27.5 Å². The average Bonchev–Trinajstić information content (AvgIpc) is 1.96. The average molecular weight is 258 g/mol. The number of aromatic amines is 1. The molecule has 0 saturated carbocycles. The molecule has 0 atom stereocenters. The van der Waals surface area contributed by atoms with Crippen molar-refractivity contribution in [3.63, 3.8) is 0 Å². The molecular weight excluding hydrogens is 255 g/mol. The maximum Gasteiger partial charge on any atom is 0.279 e. The Hall–Kier alpha value is -0.420. The number of rotatable bonds is 1. The first-order valence-electron chi connectivity index (χ1n) is 2.88. The lowest BCUT2D eigenvalue weighted by Crippen LogP contribution is -2.06. The van der Waals surface area contributed by atoms with Gasteiger partial charge in [-0.25, -0.2) is 8.78 Å². The van der Waals surface area contributed by atoms with E-state index < -0.39 is 22.6 Å². The highest BCUT2D eigenvalue weighted by Gasteiger charge is 2.15. The second kappa shape index (κ2) is 3.53.